The van der Waals surface area contributed by atoms with Gasteiger partial charge in [0.2, 0.25) is 5.95 Å². The van der Waals surface area contributed by atoms with Crippen molar-refractivity contribution >= 4 is 17.5 Å². The van der Waals surface area contributed by atoms with Crippen LogP contribution in [0.2, 0.25) is 0 Å². The van der Waals surface area contributed by atoms with Crippen LogP contribution in [0.1, 0.15) is 0 Å². The van der Waals surface area contributed by atoms with Gasteiger partial charge in [0.15, 0.2) is 0 Å². The third-order valence-electron chi connectivity index (χ3n) is 5.14. The van der Waals surface area contributed by atoms with Crippen molar-refractivity contribution in [2.45, 2.75) is 0 Å². The van der Waals surface area contributed by atoms with E-state index in [1.165, 1.54) is 5.69 Å². The summed E-state index contributed by atoms with van der Waals surface area (Å²) in [6.45, 7) is 8.19. The lowest BCUT2D eigenvalue weighted by Crippen LogP contribution is -2.47. The number of anilines is 3. The van der Waals surface area contributed by atoms with Gasteiger partial charge in [-0.1, -0.05) is 18.2 Å². The summed E-state index contributed by atoms with van der Waals surface area (Å²) < 4.78 is 0. The number of para-hydroxylation sites is 1. The van der Waals surface area contributed by atoms with E-state index in [1.807, 2.05) is 12.3 Å². The van der Waals surface area contributed by atoms with Crippen molar-refractivity contribution in [2.24, 2.45) is 0 Å². The van der Waals surface area contributed by atoms with Crippen LogP contribution < -0.4 is 14.7 Å². The summed E-state index contributed by atoms with van der Waals surface area (Å²) in [5.74, 6) is 1.92. The predicted octanol–water partition coefficient (Wildman–Crippen LogP) is 1.55. The normalized spacial score (nSPS) is 19.3. The third kappa shape index (κ3) is 3.69. The van der Waals surface area contributed by atoms with Crippen LogP contribution in [0.25, 0.3) is 0 Å². The van der Waals surface area contributed by atoms with Crippen molar-refractivity contribution in [1.82, 2.24) is 14.9 Å². The third-order valence-corrected chi connectivity index (χ3v) is 5.14. The zero-order chi connectivity index (χ0) is 17.1. The summed E-state index contributed by atoms with van der Waals surface area (Å²) in [5, 5.41) is 0. The molecule has 6 heteroatoms. The van der Waals surface area contributed by atoms with Crippen molar-refractivity contribution < 1.29 is 0 Å². The van der Waals surface area contributed by atoms with Crippen LogP contribution in [0, 0.1) is 0 Å². The van der Waals surface area contributed by atoms with Gasteiger partial charge in [-0.3, -0.25) is 0 Å². The molecule has 6 nitrogen and oxygen atoms in total. The van der Waals surface area contributed by atoms with Crippen molar-refractivity contribution in [3.05, 3.63) is 42.6 Å². The molecule has 0 saturated carbocycles. The van der Waals surface area contributed by atoms with Crippen LogP contribution in [0.4, 0.5) is 17.5 Å². The fourth-order valence-electron chi connectivity index (χ4n) is 3.51. The minimum absolute atomic E-state index is 0.865. The average molecular weight is 338 g/mol. The Morgan fingerprint density at radius 3 is 2.08 bits per heavy atom. The molecule has 0 atom stereocenters. The van der Waals surface area contributed by atoms with E-state index in [0.717, 1.165) is 64.1 Å². The quantitative estimate of drug-likeness (QED) is 0.846. The Kier molecular flexibility index (Phi) is 4.70. The molecule has 0 N–H and O–H groups in total. The van der Waals surface area contributed by atoms with Gasteiger partial charge in [-0.2, -0.15) is 4.98 Å². The molecule has 2 fully saturated rings. The first kappa shape index (κ1) is 16.1. The average Bonchev–Trinajstić information content (AvgIpc) is 2.69. The molecule has 0 amide bonds. The lowest BCUT2D eigenvalue weighted by molar-refractivity contribution is 0.312. The zero-order valence-corrected chi connectivity index (χ0v) is 14.9. The van der Waals surface area contributed by atoms with E-state index >= 15 is 0 Å². The molecule has 2 saturated heterocycles. The first-order valence-electron chi connectivity index (χ1n) is 9.11. The highest BCUT2D eigenvalue weighted by molar-refractivity contribution is 5.49. The molecule has 2 aromatic rings. The fourth-order valence-corrected chi connectivity index (χ4v) is 3.51. The number of nitrogens with zero attached hydrogens (tertiary/aromatic N) is 6. The van der Waals surface area contributed by atoms with E-state index in [9.17, 15) is 0 Å². The second-order valence-electron chi connectivity index (χ2n) is 6.81. The Bertz CT molecular complexity index is 675. The van der Waals surface area contributed by atoms with E-state index < -0.39 is 0 Å². The molecule has 0 unspecified atom stereocenters. The van der Waals surface area contributed by atoms with Crippen molar-refractivity contribution in [1.29, 1.82) is 0 Å². The number of piperazine rings is 2. The van der Waals surface area contributed by atoms with Crippen LogP contribution >= 0.6 is 0 Å². The molecule has 0 spiro atoms. The summed E-state index contributed by atoms with van der Waals surface area (Å²) in [7, 11) is 2.18. The van der Waals surface area contributed by atoms with Gasteiger partial charge in [0.05, 0.1) is 0 Å². The fraction of sp³-hybridized carbons (Fsp3) is 0.474. The van der Waals surface area contributed by atoms with E-state index in [0.29, 0.717) is 0 Å². The highest BCUT2D eigenvalue weighted by Crippen LogP contribution is 2.20. The summed E-state index contributed by atoms with van der Waals surface area (Å²) in [6.07, 6.45) is 1.90. The lowest BCUT2D eigenvalue weighted by Gasteiger charge is -2.37. The van der Waals surface area contributed by atoms with Gasteiger partial charge in [-0.15, -0.1) is 0 Å². The number of aromatic nitrogens is 2. The van der Waals surface area contributed by atoms with Crippen LogP contribution in [-0.2, 0) is 0 Å². The topological polar surface area (TPSA) is 38.7 Å². The van der Waals surface area contributed by atoms with Crippen molar-refractivity contribution in [3.63, 3.8) is 0 Å². The highest BCUT2D eigenvalue weighted by atomic mass is 15.3. The van der Waals surface area contributed by atoms with Gasteiger partial charge in [-0.25, -0.2) is 4.98 Å². The molecule has 0 aliphatic carbocycles. The second kappa shape index (κ2) is 7.27. The molecule has 1 aromatic carbocycles. The van der Waals surface area contributed by atoms with Gasteiger partial charge in [0.25, 0.3) is 0 Å². The molecule has 1 aromatic heterocycles. The summed E-state index contributed by atoms with van der Waals surface area (Å²) in [4.78, 5) is 18.8. The summed E-state index contributed by atoms with van der Waals surface area (Å²) >= 11 is 0. The minimum atomic E-state index is 0.865. The maximum absolute atomic E-state index is 4.85. The Morgan fingerprint density at radius 1 is 0.720 bits per heavy atom. The van der Waals surface area contributed by atoms with E-state index in [2.05, 4.69) is 62.0 Å². The SMILES string of the molecule is CN1CCN(c2ccnc(N3CCN(c4ccccc4)CC3)n2)CC1. The maximum atomic E-state index is 4.85. The van der Waals surface area contributed by atoms with E-state index in [4.69, 9.17) is 4.98 Å². The molecular formula is C19H26N6. The second-order valence-corrected chi connectivity index (χ2v) is 6.81. The smallest absolute Gasteiger partial charge is 0.227 e. The van der Waals surface area contributed by atoms with Crippen molar-refractivity contribution in [2.75, 3.05) is 74.1 Å². The van der Waals surface area contributed by atoms with Gasteiger partial charge in [0.1, 0.15) is 5.82 Å². The van der Waals surface area contributed by atoms with Gasteiger partial charge >= 0.3 is 0 Å². The van der Waals surface area contributed by atoms with Gasteiger partial charge in [0, 0.05) is 64.2 Å². The predicted molar refractivity (Wildman–Crippen MR) is 103 cm³/mol. The van der Waals surface area contributed by atoms with Crippen molar-refractivity contribution in [3.8, 4) is 0 Å². The highest BCUT2D eigenvalue weighted by Gasteiger charge is 2.21. The van der Waals surface area contributed by atoms with Gasteiger partial charge in [-0.05, 0) is 25.2 Å². The molecule has 3 heterocycles. The number of rotatable bonds is 3. The van der Waals surface area contributed by atoms with E-state index in [-0.39, 0.29) is 0 Å². The monoisotopic (exact) mass is 338 g/mol. The molecular weight excluding hydrogens is 312 g/mol. The Balaban J connectivity index is 1.40. The summed E-state index contributed by atoms with van der Waals surface area (Å²) in [5.41, 5.74) is 1.30. The molecule has 4 rings (SSSR count). The molecule has 25 heavy (non-hydrogen) atoms. The number of hydrogen-bond acceptors (Lipinski definition) is 6. The molecule has 0 bridgehead atoms. The minimum Gasteiger partial charge on any atom is -0.368 e. The molecule has 132 valence electrons. The maximum Gasteiger partial charge on any atom is 0.227 e. The number of benzene rings is 1. The van der Waals surface area contributed by atoms with E-state index in [1.54, 1.807) is 0 Å². The Hall–Kier alpha value is -2.34. The van der Waals surface area contributed by atoms with Crippen LogP contribution in [0.5, 0.6) is 0 Å². The molecule has 2 aliphatic rings. The number of likely N-dealkylation sites (N-methyl/N-ethyl adjacent to an activating group) is 1. The molecule has 2 aliphatic heterocycles. The Morgan fingerprint density at radius 2 is 1.36 bits per heavy atom. The van der Waals surface area contributed by atoms with Crippen LogP contribution in [-0.4, -0.2) is 74.3 Å². The summed E-state index contributed by atoms with van der Waals surface area (Å²) in [6, 6.07) is 12.7. The van der Waals surface area contributed by atoms with Gasteiger partial charge < -0.3 is 19.6 Å². The first-order valence-corrected chi connectivity index (χ1v) is 9.11. The lowest BCUT2D eigenvalue weighted by atomic mass is 10.2. The zero-order valence-electron chi connectivity index (χ0n) is 14.9. The van der Waals surface area contributed by atoms with Crippen LogP contribution in [0.15, 0.2) is 42.6 Å². The molecule has 0 radical (unpaired) electrons. The Labute approximate surface area is 149 Å². The van der Waals surface area contributed by atoms with Crippen LogP contribution in [0.3, 0.4) is 0 Å². The first-order chi connectivity index (χ1) is 12.3. The largest absolute Gasteiger partial charge is 0.368 e. The number of hydrogen-bond donors (Lipinski definition) is 0. The standard InChI is InChI=1S/C19H26N6/c1-22-9-11-24(12-10-22)18-7-8-20-19(21-18)25-15-13-23(14-16-25)17-5-3-2-4-6-17/h2-8H,9-16H2,1H3.